The molecule has 0 spiro atoms. The molecule has 1 aliphatic rings. The van der Waals surface area contributed by atoms with E-state index in [1.54, 1.807) is 12.1 Å². The maximum atomic E-state index is 13.7. The van der Waals surface area contributed by atoms with Gasteiger partial charge in [0, 0.05) is 28.8 Å². The van der Waals surface area contributed by atoms with E-state index in [-0.39, 0.29) is 17.2 Å². The van der Waals surface area contributed by atoms with Gasteiger partial charge in [0.25, 0.3) is 0 Å². The van der Waals surface area contributed by atoms with Crippen LogP contribution in [0.25, 0.3) is 22.2 Å². The van der Waals surface area contributed by atoms with Crippen molar-refractivity contribution in [3.8, 4) is 11.3 Å². The zero-order chi connectivity index (χ0) is 27.8. The van der Waals surface area contributed by atoms with Crippen molar-refractivity contribution < 1.29 is 26.3 Å². The minimum atomic E-state index is -4.59. The summed E-state index contributed by atoms with van der Waals surface area (Å²) in [4.78, 5) is 15.8. The highest BCUT2D eigenvalue weighted by atomic mass is 19.4. The Kier molecular flexibility index (Phi) is 7.19. The smallest absolute Gasteiger partial charge is 0.340 e. The van der Waals surface area contributed by atoms with E-state index in [4.69, 9.17) is 9.97 Å². The molecular formula is C28H25F6N5. The third kappa shape index (κ3) is 5.83. The number of alkyl halides is 6. The molecule has 0 atom stereocenters. The highest BCUT2D eigenvalue weighted by Crippen LogP contribution is 2.38. The molecule has 0 unspecified atom stereocenters. The molecule has 1 saturated heterocycles. The van der Waals surface area contributed by atoms with Crippen molar-refractivity contribution in [3.05, 3.63) is 77.7 Å². The van der Waals surface area contributed by atoms with E-state index in [0.717, 1.165) is 50.7 Å². The largest absolute Gasteiger partial charge is 0.418 e. The lowest BCUT2D eigenvalue weighted by atomic mass is 9.95. The van der Waals surface area contributed by atoms with Crippen LogP contribution in [0, 0.1) is 0 Å². The molecule has 5 rings (SSSR count). The summed E-state index contributed by atoms with van der Waals surface area (Å²) in [7, 11) is 0. The molecule has 204 valence electrons. The van der Waals surface area contributed by atoms with Crippen LogP contribution in [-0.4, -0.2) is 39.5 Å². The summed E-state index contributed by atoms with van der Waals surface area (Å²) in [6.07, 6.45) is -6.11. The monoisotopic (exact) mass is 545 g/mol. The number of aromatic nitrogens is 3. The van der Waals surface area contributed by atoms with Gasteiger partial charge in [0.05, 0.1) is 22.3 Å². The van der Waals surface area contributed by atoms with Crippen LogP contribution >= 0.6 is 0 Å². The Balaban J connectivity index is 1.58. The van der Waals surface area contributed by atoms with Crippen LogP contribution in [0.2, 0.25) is 0 Å². The number of nitrogens with zero attached hydrogens (tertiary/aromatic N) is 4. The number of likely N-dealkylation sites (tertiary alicyclic amines) is 1. The van der Waals surface area contributed by atoms with Crippen LogP contribution in [0.5, 0.6) is 0 Å². The fourth-order valence-corrected chi connectivity index (χ4v) is 4.82. The van der Waals surface area contributed by atoms with Crippen molar-refractivity contribution >= 4 is 22.4 Å². The number of pyridine rings is 1. The highest BCUT2D eigenvalue weighted by Gasteiger charge is 2.34. The fraction of sp³-hybridized carbons (Fsp3) is 0.321. The van der Waals surface area contributed by atoms with Gasteiger partial charge in [-0.05, 0) is 81.0 Å². The molecule has 4 aromatic rings. The predicted molar refractivity (Wildman–Crippen MR) is 137 cm³/mol. The molecule has 0 saturated carbocycles. The molecule has 0 amide bonds. The number of piperidine rings is 1. The molecule has 1 aliphatic heterocycles. The second-order valence-corrected chi connectivity index (χ2v) is 9.47. The van der Waals surface area contributed by atoms with E-state index in [2.05, 4.69) is 22.1 Å². The number of halogens is 6. The summed E-state index contributed by atoms with van der Waals surface area (Å²) in [5.74, 6) is 0.952. The standard InChI is InChI=1S/C28H25F6N5/c1-2-39-14-11-17(12-15-39)25-37-23-16-18(24-22(28(32,33)34)4-3-13-35-24)5-10-21(23)26(38-25)36-20-8-6-19(7-9-20)27(29,30)31/h3-10,13,16-17H,2,11-12,14-15H2,1H3,(H,36,37,38). The van der Waals surface area contributed by atoms with Crippen LogP contribution in [-0.2, 0) is 12.4 Å². The SMILES string of the molecule is CCN1CCC(c2nc(Nc3ccc(C(F)(F)F)cc3)c3ccc(-c4ncccc4C(F)(F)F)cc3n2)CC1. The minimum Gasteiger partial charge on any atom is -0.340 e. The van der Waals surface area contributed by atoms with E-state index in [9.17, 15) is 26.3 Å². The average Bonchev–Trinajstić information content (AvgIpc) is 2.92. The van der Waals surface area contributed by atoms with E-state index in [0.29, 0.717) is 28.2 Å². The Morgan fingerprint density at radius 2 is 1.62 bits per heavy atom. The molecule has 5 nitrogen and oxygen atoms in total. The van der Waals surface area contributed by atoms with Crippen molar-refractivity contribution in [1.82, 2.24) is 19.9 Å². The molecule has 2 aromatic heterocycles. The maximum absolute atomic E-state index is 13.7. The lowest BCUT2D eigenvalue weighted by Crippen LogP contribution is -2.33. The van der Waals surface area contributed by atoms with Crippen molar-refractivity contribution in [3.63, 3.8) is 0 Å². The molecule has 39 heavy (non-hydrogen) atoms. The first-order valence-electron chi connectivity index (χ1n) is 12.5. The summed E-state index contributed by atoms with van der Waals surface area (Å²) in [5, 5.41) is 3.62. The Labute approximate surface area is 220 Å². The summed E-state index contributed by atoms with van der Waals surface area (Å²) < 4.78 is 80.1. The van der Waals surface area contributed by atoms with Gasteiger partial charge in [-0.1, -0.05) is 13.0 Å². The minimum absolute atomic E-state index is 0.0367. The number of fused-ring (bicyclic) bond motifs is 1. The molecule has 1 N–H and O–H groups in total. The summed E-state index contributed by atoms with van der Waals surface area (Å²) in [6, 6.07) is 11.5. The first kappa shape index (κ1) is 26.9. The second kappa shape index (κ2) is 10.4. The van der Waals surface area contributed by atoms with Crippen molar-refractivity contribution in [1.29, 1.82) is 0 Å². The summed E-state index contributed by atoms with van der Waals surface area (Å²) in [6.45, 7) is 4.76. The van der Waals surface area contributed by atoms with Crippen LogP contribution in [0.15, 0.2) is 60.8 Å². The Morgan fingerprint density at radius 1 is 0.897 bits per heavy atom. The van der Waals surface area contributed by atoms with Crippen LogP contribution in [0.4, 0.5) is 37.8 Å². The molecule has 0 bridgehead atoms. The lowest BCUT2D eigenvalue weighted by Gasteiger charge is -2.30. The van der Waals surface area contributed by atoms with Crippen molar-refractivity contribution in [2.24, 2.45) is 0 Å². The topological polar surface area (TPSA) is 53.9 Å². The first-order valence-corrected chi connectivity index (χ1v) is 12.5. The van der Waals surface area contributed by atoms with E-state index in [1.807, 2.05) is 0 Å². The van der Waals surface area contributed by atoms with Crippen molar-refractivity contribution in [2.45, 2.75) is 38.0 Å². The first-order chi connectivity index (χ1) is 18.5. The molecule has 2 aromatic carbocycles. The Morgan fingerprint density at radius 3 is 2.26 bits per heavy atom. The quantitative estimate of drug-likeness (QED) is 0.261. The maximum Gasteiger partial charge on any atom is 0.418 e. The predicted octanol–water partition coefficient (Wildman–Crippen LogP) is 7.67. The van der Waals surface area contributed by atoms with Gasteiger partial charge in [-0.25, -0.2) is 9.97 Å². The van der Waals surface area contributed by atoms with E-state index >= 15 is 0 Å². The van der Waals surface area contributed by atoms with E-state index in [1.165, 1.54) is 30.5 Å². The van der Waals surface area contributed by atoms with Gasteiger partial charge in [-0.15, -0.1) is 0 Å². The van der Waals surface area contributed by atoms with Crippen LogP contribution in [0.1, 0.15) is 42.6 Å². The number of benzene rings is 2. The molecule has 0 aliphatic carbocycles. The Bertz CT molecular complexity index is 1460. The number of hydrogen-bond donors (Lipinski definition) is 1. The molecular weight excluding hydrogens is 520 g/mol. The molecule has 1 fully saturated rings. The molecule has 0 radical (unpaired) electrons. The lowest BCUT2D eigenvalue weighted by molar-refractivity contribution is -0.138. The fourth-order valence-electron chi connectivity index (χ4n) is 4.82. The number of anilines is 2. The van der Waals surface area contributed by atoms with Crippen LogP contribution in [0.3, 0.4) is 0 Å². The normalized spacial score (nSPS) is 15.6. The summed E-state index contributed by atoms with van der Waals surface area (Å²) in [5.41, 5.74) is -0.772. The van der Waals surface area contributed by atoms with Gasteiger partial charge in [-0.3, -0.25) is 4.98 Å². The van der Waals surface area contributed by atoms with Gasteiger partial charge >= 0.3 is 12.4 Å². The Hall–Kier alpha value is -3.73. The van der Waals surface area contributed by atoms with Gasteiger partial charge < -0.3 is 10.2 Å². The van der Waals surface area contributed by atoms with Crippen molar-refractivity contribution in [2.75, 3.05) is 25.0 Å². The number of hydrogen-bond acceptors (Lipinski definition) is 5. The van der Waals surface area contributed by atoms with E-state index < -0.39 is 23.5 Å². The highest BCUT2D eigenvalue weighted by molar-refractivity contribution is 5.93. The number of rotatable bonds is 5. The molecule has 3 heterocycles. The average molecular weight is 546 g/mol. The van der Waals surface area contributed by atoms with Gasteiger partial charge in [0.15, 0.2) is 0 Å². The third-order valence-corrected chi connectivity index (χ3v) is 6.98. The number of nitrogens with one attached hydrogen (secondary N) is 1. The zero-order valence-electron chi connectivity index (χ0n) is 20.9. The van der Waals surface area contributed by atoms with Gasteiger partial charge in [-0.2, -0.15) is 26.3 Å². The summed E-state index contributed by atoms with van der Waals surface area (Å²) >= 11 is 0. The zero-order valence-corrected chi connectivity index (χ0v) is 20.9. The van der Waals surface area contributed by atoms with Crippen LogP contribution < -0.4 is 5.32 Å². The molecule has 11 heteroatoms. The second-order valence-electron chi connectivity index (χ2n) is 9.47. The van der Waals surface area contributed by atoms with Gasteiger partial charge in [0.2, 0.25) is 0 Å². The van der Waals surface area contributed by atoms with Gasteiger partial charge in [0.1, 0.15) is 11.6 Å². The third-order valence-electron chi connectivity index (χ3n) is 6.98.